The van der Waals surface area contributed by atoms with E-state index in [4.69, 9.17) is 9.15 Å². The van der Waals surface area contributed by atoms with E-state index in [1.54, 1.807) is 0 Å². The van der Waals surface area contributed by atoms with E-state index in [1.807, 2.05) is 55.5 Å². The molecule has 1 saturated heterocycles. The van der Waals surface area contributed by atoms with E-state index >= 15 is 0 Å². The minimum atomic E-state index is -0.0665. The Labute approximate surface area is 171 Å². The number of hydrogen-bond donors (Lipinski definition) is 1. The van der Waals surface area contributed by atoms with Crippen molar-refractivity contribution in [2.45, 2.75) is 45.4 Å². The Bertz CT molecular complexity index is 996. The third-order valence-corrected chi connectivity index (χ3v) is 5.85. The smallest absolute Gasteiger partial charge is 0.255 e. The van der Waals surface area contributed by atoms with E-state index in [0.29, 0.717) is 29.6 Å². The van der Waals surface area contributed by atoms with Crippen LogP contribution in [0.25, 0.3) is 11.0 Å². The molecule has 152 valence electrons. The number of amides is 1. The van der Waals surface area contributed by atoms with E-state index in [9.17, 15) is 4.79 Å². The first-order valence-corrected chi connectivity index (χ1v) is 10.2. The molecule has 1 fully saturated rings. The Morgan fingerprint density at radius 1 is 1.24 bits per heavy atom. The normalized spacial score (nSPS) is 20.0. The van der Waals surface area contributed by atoms with Gasteiger partial charge in [0.15, 0.2) is 0 Å². The van der Waals surface area contributed by atoms with Crippen molar-refractivity contribution >= 4 is 16.9 Å². The maximum atomic E-state index is 13.1. The third-order valence-electron chi connectivity index (χ3n) is 5.85. The number of nitrogens with one attached hydrogen (secondary N) is 1. The molecule has 2 atom stereocenters. The summed E-state index contributed by atoms with van der Waals surface area (Å²) in [5, 5.41) is 4.01. The van der Waals surface area contributed by atoms with Crippen LogP contribution in [-0.4, -0.2) is 36.5 Å². The van der Waals surface area contributed by atoms with Crippen molar-refractivity contribution in [1.82, 2.24) is 10.2 Å². The zero-order valence-corrected chi connectivity index (χ0v) is 17.3. The third kappa shape index (κ3) is 4.30. The van der Waals surface area contributed by atoms with Gasteiger partial charge in [-0.3, -0.25) is 4.79 Å². The molecule has 1 amide bonds. The number of furan rings is 1. The predicted molar refractivity (Wildman–Crippen MR) is 114 cm³/mol. The second-order valence-corrected chi connectivity index (χ2v) is 7.99. The van der Waals surface area contributed by atoms with Crippen LogP contribution in [0, 0.1) is 6.92 Å². The standard InChI is InChI=1S/C24H28N2O3/c1-16-13-19(11-12-26(16)3)25-24(27)23-17(2)29-22-10-9-20(14-21(22)23)28-15-18-7-5-4-6-8-18/h4-10,14,16,19H,11-13,15H2,1-3H3,(H,25,27). The molecule has 5 nitrogen and oxygen atoms in total. The fraction of sp³-hybridized carbons (Fsp3) is 0.375. The van der Waals surface area contributed by atoms with Gasteiger partial charge in [-0.2, -0.15) is 0 Å². The van der Waals surface area contributed by atoms with E-state index in [1.165, 1.54) is 0 Å². The first-order valence-electron chi connectivity index (χ1n) is 10.2. The van der Waals surface area contributed by atoms with E-state index < -0.39 is 0 Å². The minimum absolute atomic E-state index is 0.0665. The molecule has 0 aliphatic carbocycles. The molecule has 2 aromatic carbocycles. The van der Waals surface area contributed by atoms with Gasteiger partial charge < -0.3 is 19.4 Å². The van der Waals surface area contributed by atoms with Crippen molar-refractivity contribution in [2.24, 2.45) is 0 Å². The summed E-state index contributed by atoms with van der Waals surface area (Å²) in [6.45, 7) is 5.52. The molecule has 0 spiro atoms. The molecule has 2 unspecified atom stereocenters. The number of aryl methyl sites for hydroxylation is 1. The summed E-state index contributed by atoms with van der Waals surface area (Å²) in [6, 6.07) is 16.3. The Kier molecular flexibility index (Phi) is 5.58. The van der Waals surface area contributed by atoms with E-state index in [0.717, 1.165) is 36.1 Å². The number of likely N-dealkylation sites (tertiary alicyclic amines) is 1. The number of hydrogen-bond acceptors (Lipinski definition) is 4. The topological polar surface area (TPSA) is 54.7 Å². The van der Waals surface area contributed by atoms with Crippen molar-refractivity contribution in [1.29, 1.82) is 0 Å². The maximum Gasteiger partial charge on any atom is 0.255 e. The fourth-order valence-electron chi connectivity index (χ4n) is 3.99. The number of carbonyl (C=O) groups excluding carboxylic acids is 1. The molecule has 29 heavy (non-hydrogen) atoms. The largest absolute Gasteiger partial charge is 0.489 e. The summed E-state index contributed by atoms with van der Waals surface area (Å²) in [6.07, 6.45) is 1.93. The molecule has 0 bridgehead atoms. The zero-order valence-electron chi connectivity index (χ0n) is 17.3. The molecule has 3 aromatic rings. The quantitative estimate of drug-likeness (QED) is 0.693. The van der Waals surface area contributed by atoms with Gasteiger partial charge in [0.25, 0.3) is 5.91 Å². The number of benzene rings is 2. The summed E-state index contributed by atoms with van der Waals surface area (Å²) in [5.41, 5.74) is 2.42. The van der Waals surface area contributed by atoms with Gasteiger partial charge >= 0.3 is 0 Å². The van der Waals surface area contributed by atoms with E-state index in [-0.39, 0.29) is 11.9 Å². The number of ether oxygens (including phenoxy) is 1. The van der Waals surface area contributed by atoms with Crippen molar-refractivity contribution in [3.63, 3.8) is 0 Å². The first kappa shape index (κ1) is 19.5. The second kappa shape index (κ2) is 8.29. The van der Waals surface area contributed by atoms with Crippen LogP contribution < -0.4 is 10.1 Å². The van der Waals surface area contributed by atoms with Gasteiger partial charge in [0.2, 0.25) is 0 Å². The summed E-state index contributed by atoms with van der Waals surface area (Å²) in [5.74, 6) is 1.30. The van der Waals surface area contributed by atoms with Crippen molar-refractivity contribution in [2.75, 3.05) is 13.6 Å². The minimum Gasteiger partial charge on any atom is -0.489 e. The van der Waals surface area contributed by atoms with E-state index in [2.05, 4.69) is 24.2 Å². The molecular formula is C24H28N2O3. The van der Waals surface area contributed by atoms with Crippen LogP contribution >= 0.6 is 0 Å². The van der Waals surface area contributed by atoms with Gasteiger partial charge in [0, 0.05) is 24.0 Å². The SMILES string of the molecule is Cc1oc2ccc(OCc3ccccc3)cc2c1C(=O)NC1CCN(C)C(C)C1. The number of piperidine rings is 1. The molecule has 2 heterocycles. The van der Waals surface area contributed by atoms with Crippen LogP contribution in [0.15, 0.2) is 52.9 Å². The highest BCUT2D eigenvalue weighted by Crippen LogP contribution is 2.30. The summed E-state index contributed by atoms with van der Waals surface area (Å²) in [4.78, 5) is 15.4. The first-order chi connectivity index (χ1) is 14.0. The van der Waals surface area contributed by atoms with Gasteiger partial charge in [-0.15, -0.1) is 0 Å². The molecule has 1 N–H and O–H groups in total. The van der Waals surface area contributed by atoms with Gasteiger partial charge in [-0.05, 0) is 57.5 Å². The van der Waals surface area contributed by atoms with Crippen LogP contribution in [-0.2, 0) is 6.61 Å². The Morgan fingerprint density at radius 3 is 2.79 bits per heavy atom. The van der Waals surface area contributed by atoms with Crippen molar-refractivity contribution in [3.8, 4) is 5.75 Å². The average molecular weight is 392 g/mol. The molecule has 0 radical (unpaired) electrons. The highest BCUT2D eigenvalue weighted by atomic mass is 16.5. The lowest BCUT2D eigenvalue weighted by atomic mass is 9.98. The van der Waals surface area contributed by atoms with Crippen LogP contribution in [0.5, 0.6) is 5.75 Å². The molecule has 0 saturated carbocycles. The molecule has 5 heteroatoms. The monoisotopic (exact) mass is 392 g/mol. The molecule has 1 aliphatic heterocycles. The zero-order chi connectivity index (χ0) is 20.4. The van der Waals surface area contributed by atoms with Crippen molar-refractivity contribution in [3.05, 3.63) is 65.4 Å². The second-order valence-electron chi connectivity index (χ2n) is 7.99. The lowest BCUT2D eigenvalue weighted by Gasteiger charge is -2.35. The van der Waals surface area contributed by atoms with Crippen LogP contribution in [0.3, 0.4) is 0 Å². The average Bonchev–Trinajstić information content (AvgIpc) is 3.05. The summed E-state index contributed by atoms with van der Waals surface area (Å²) < 4.78 is 11.8. The van der Waals surface area contributed by atoms with Gasteiger partial charge in [0.1, 0.15) is 23.7 Å². The van der Waals surface area contributed by atoms with Gasteiger partial charge in [-0.1, -0.05) is 30.3 Å². The lowest BCUT2D eigenvalue weighted by molar-refractivity contribution is 0.0896. The van der Waals surface area contributed by atoms with Gasteiger partial charge in [0.05, 0.1) is 5.56 Å². The predicted octanol–water partition coefficient (Wildman–Crippen LogP) is 4.53. The molecule has 4 rings (SSSR count). The highest BCUT2D eigenvalue weighted by Gasteiger charge is 2.26. The molecular weight excluding hydrogens is 364 g/mol. The Balaban J connectivity index is 1.52. The lowest BCUT2D eigenvalue weighted by Crippen LogP contribution is -2.47. The van der Waals surface area contributed by atoms with Crippen LogP contribution in [0.2, 0.25) is 0 Å². The highest BCUT2D eigenvalue weighted by molar-refractivity contribution is 6.07. The number of nitrogens with zero attached hydrogens (tertiary/aromatic N) is 1. The Morgan fingerprint density at radius 2 is 2.03 bits per heavy atom. The van der Waals surface area contributed by atoms with Crippen molar-refractivity contribution < 1.29 is 13.9 Å². The van der Waals surface area contributed by atoms with Gasteiger partial charge in [-0.25, -0.2) is 0 Å². The van der Waals surface area contributed by atoms with Crippen LogP contribution in [0.4, 0.5) is 0 Å². The molecule has 1 aromatic heterocycles. The van der Waals surface area contributed by atoms with Crippen LogP contribution in [0.1, 0.15) is 41.4 Å². The Hall–Kier alpha value is -2.79. The fourth-order valence-corrected chi connectivity index (χ4v) is 3.99. The number of rotatable bonds is 5. The number of fused-ring (bicyclic) bond motifs is 1. The molecule has 1 aliphatic rings. The number of carbonyl (C=O) groups is 1. The summed E-state index contributed by atoms with van der Waals surface area (Å²) in [7, 11) is 2.13. The summed E-state index contributed by atoms with van der Waals surface area (Å²) >= 11 is 0. The maximum absolute atomic E-state index is 13.1.